The van der Waals surface area contributed by atoms with Gasteiger partial charge < -0.3 is 5.84 Å². The van der Waals surface area contributed by atoms with Gasteiger partial charge in [-0.25, -0.2) is 0 Å². The fourth-order valence-electron chi connectivity index (χ4n) is 0.622. The molecule has 0 aliphatic carbocycles. The van der Waals surface area contributed by atoms with Gasteiger partial charge in [-0.1, -0.05) is 4.85 Å². The molecule has 0 unspecified atom stereocenters. The fraction of sp³-hybridized carbons (Fsp3) is 0. The molecule has 0 saturated carbocycles. The van der Waals surface area contributed by atoms with E-state index in [1.165, 1.54) is 0 Å². The first-order valence-corrected chi connectivity index (χ1v) is 2.88. The van der Waals surface area contributed by atoms with E-state index >= 15 is 0 Å². The number of hydrogen-bond acceptors (Lipinski definition) is 8. The van der Waals surface area contributed by atoms with E-state index in [2.05, 4.69) is 23.2 Å². The zero-order valence-electron chi connectivity index (χ0n) is 5.87. The minimum atomic E-state index is -1.17. The van der Waals surface area contributed by atoms with Gasteiger partial charge >= 0.3 is 17.6 Å². The smallest absolute Gasteiger partial charge is 0.307 e. The quantitative estimate of drug-likeness (QED) is 0.473. The van der Waals surface area contributed by atoms with E-state index in [0.29, 0.717) is 9.76 Å². The highest BCUT2D eigenvalue weighted by Crippen LogP contribution is 1.95. The summed E-state index contributed by atoms with van der Waals surface area (Å²) in [5.41, 5.74) is 0. The molecule has 2 aliphatic heterocycles. The summed E-state index contributed by atoms with van der Waals surface area (Å²) in [6.07, 6.45) is 0. The maximum atomic E-state index is 10.5. The van der Waals surface area contributed by atoms with Crippen LogP contribution in [0, 0.1) is 0 Å². The first-order chi connectivity index (χ1) is 6.16. The minimum absolute atomic E-state index is 0.334. The van der Waals surface area contributed by atoms with E-state index in [9.17, 15) is 9.59 Å². The minimum Gasteiger partial charge on any atom is -0.307 e. The zero-order chi connectivity index (χ0) is 9.42. The summed E-state index contributed by atoms with van der Waals surface area (Å²) < 4.78 is 16.7. The van der Waals surface area contributed by atoms with E-state index in [0.717, 1.165) is 0 Å². The van der Waals surface area contributed by atoms with Gasteiger partial charge in [0.25, 0.3) is 0 Å². The summed E-state index contributed by atoms with van der Waals surface area (Å²) in [5.74, 6) is 2.43. The third kappa shape index (κ3) is 1.09. The standard InChI is InChI=1S/C3H2N4O6/c4-6-1-5-10-2(8)12-7(1)13-3(9)11-6/h4H2. The first kappa shape index (κ1) is 7.27. The molecule has 0 fully saturated rings. The Labute approximate surface area is 67.2 Å². The van der Waals surface area contributed by atoms with Crippen molar-refractivity contribution < 1.29 is 18.1 Å². The molecular formula is C3H2N4O6. The van der Waals surface area contributed by atoms with Crippen molar-refractivity contribution in [3.05, 3.63) is 21.2 Å². The number of fused-ring (bicyclic) bond motifs is 1. The van der Waals surface area contributed by atoms with Crippen molar-refractivity contribution in [3.8, 4) is 5.95 Å². The highest BCUT2D eigenvalue weighted by molar-refractivity contribution is 4.94. The van der Waals surface area contributed by atoms with Gasteiger partial charge in [0.2, 0.25) is 0 Å². The topological polar surface area (TPSA) is 135 Å². The Bertz CT molecular complexity index is 528. The normalized spacial score (nSPS) is 10.5. The van der Waals surface area contributed by atoms with Crippen LogP contribution < -0.4 is 17.5 Å². The molecule has 0 atom stereocenters. The molecule has 0 amide bonds. The van der Waals surface area contributed by atoms with Gasteiger partial charge in [0.1, 0.15) is 0 Å². The summed E-state index contributed by atoms with van der Waals surface area (Å²) in [5, 5.41) is 3.11. The van der Waals surface area contributed by atoms with E-state index in [-0.39, 0.29) is 5.95 Å². The molecule has 2 N–H and O–H groups in total. The summed E-state index contributed by atoms with van der Waals surface area (Å²) in [6.45, 7) is 0. The lowest BCUT2D eigenvalue weighted by Crippen LogP contribution is -2.26. The molecule has 2 rings (SSSR count). The van der Waals surface area contributed by atoms with Gasteiger partial charge in [-0.2, -0.15) is 9.59 Å². The van der Waals surface area contributed by atoms with Gasteiger partial charge in [-0.05, 0) is 5.16 Å². The summed E-state index contributed by atoms with van der Waals surface area (Å²) in [7, 11) is 0. The van der Waals surface area contributed by atoms with E-state index in [1.54, 1.807) is 0 Å². The summed E-state index contributed by atoms with van der Waals surface area (Å²) in [4.78, 5) is 21.8. The Balaban J connectivity index is 2.94. The summed E-state index contributed by atoms with van der Waals surface area (Å²) >= 11 is 0. The van der Waals surface area contributed by atoms with Crippen LogP contribution in [0.3, 0.4) is 0 Å². The average molecular weight is 190 g/mol. The molecule has 0 bridgehead atoms. The van der Waals surface area contributed by atoms with Crippen LogP contribution in [0.2, 0.25) is 0 Å². The van der Waals surface area contributed by atoms with E-state index in [4.69, 9.17) is 5.84 Å². The first-order valence-electron chi connectivity index (χ1n) is 2.88. The van der Waals surface area contributed by atoms with Crippen LogP contribution in [0.5, 0.6) is 0 Å². The Morgan fingerprint density at radius 3 is 2.62 bits per heavy atom. The second-order valence-corrected chi connectivity index (χ2v) is 1.84. The Morgan fingerprint density at radius 2 is 1.85 bits per heavy atom. The van der Waals surface area contributed by atoms with Crippen LogP contribution in [0.15, 0.2) is 27.7 Å². The van der Waals surface area contributed by atoms with Crippen molar-refractivity contribution in [3.63, 3.8) is 0 Å². The van der Waals surface area contributed by atoms with Gasteiger partial charge in [-0.15, -0.1) is 0 Å². The Hall–Kier alpha value is -2.39. The highest BCUT2D eigenvalue weighted by Gasteiger charge is 2.13. The number of nitrogen functional groups attached to an aromatic ring is 1. The molecule has 70 valence electrons. The molecular weight excluding hydrogens is 188 g/mol. The van der Waals surface area contributed by atoms with Crippen molar-refractivity contribution >= 4 is 0 Å². The molecule has 0 aromatic heterocycles. The van der Waals surface area contributed by atoms with Crippen LogP contribution in [-0.2, 0) is 0 Å². The molecule has 2 heterocycles. The molecule has 10 nitrogen and oxygen atoms in total. The highest BCUT2D eigenvalue weighted by atomic mass is 16.8. The molecule has 0 radical (unpaired) electrons. The molecule has 0 spiro atoms. The van der Waals surface area contributed by atoms with Crippen LogP contribution >= 0.6 is 0 Å². The lowest BCUT2D eigenvalue weighted by molar-refractivity contribution is -0.0275. The van der Waals surface area contributed by atoms with Crippen LogP contribution in [0.4, 0.5) is 0 Å². The third-order valence-electron chi connectivity index (χ3n) is 1.05. The largest absolute Gasteiger partial charge is 0.563 e. The van der Waals surface area contributed by atoms with Crippen molar-refractivity contribution in [2.24, 2.45) is 0 Å². The Morgan fingerprint density at radius 1 is 1.15 bits per heavy atom. The second-order valence-electron chi connectivity index (χ2n) is 1.84. The Kier molecular flexibility index (Phi) is 1.28. The molecule has 0 saturated heterocycles. The molecule has 10 heteroatoms. The lowest BCUT2D eigenvalue weighted by Gasteiger charge is -2.02. The maximum Gasteiger partial charge on any atom is 0.563 e. The maximum absolute atomic E-state index is 10.5. The average Bonchev–Trinajstić information content (AvgIpc) is 2.02. The lowest BCUT2D eigenvalue weighted by atomic mass is 11.1. The predicted molar refractivity (Wildman–Crippen MR) is 32.1 cm³/mol. The van der Waals surface area contributed by atoms with Crippen LogP contribution in [0.1, 0.15) is 0 Å². The number of hydrogen-bond donors (Lipinski definition) is 1. The molecule has 0 aromatic carbocycles. The van der Waals surface area contributed by atoms with Crippen LogP contribution in [0.25, 0.3) is 5.95 Å². The van der Waals surface area contributed by atoms with Crippen molar-refractivity contribution in [1.82, 2.24) is 14.9 Å². The molecule has 2 aliphatic rings. The van der Waals surface area contributed by atoms with Gasteiger partial charge in [0.15, 0.2) is 0 Å². The fourth-order valence-corrected chi connectivity index (χ4v) is 0.622. The monoisotopic (exact) mass is 190 g/mol. The zero-order valence-corrected chi connectivity index (χ0v) is 5.87. The molecule has 0 aromatic rings. The van der Waals surface area contributed by atoms with Crippen molar-refractivity contribution in [2.45, 2.75) is 0 Å². The second kappa shape index (κ2) is 2.30. The van der Waals surface area contributed by atoms with Crippen molar-refractivity contribution in [1.29, 1.82) is 0 Å². The number of aromatic nitrogens is 3. The summed E-state index contributed by atoms with van der Waals surface area (Å²) in [6, 6.07) is 0. The van der Waals surface area contributed by atoms with Crippen molar-refractivity contribution in [2.75, 3.05) is 5.84 Å². The third-order valence-corrected chi connectivity index (χ3v) is 1.05. The number of nitrogens with zero attached hydrogens (tertiary/aromatic N) is 3. The molecule has 13 heavy (non-hydrogen) atoms. The predicted octanol–water partition coefficient (Wildman–Crippen LogP) is -1.96. The van der Waals surface area contributed by atoms with Gasteiger partial charge in [-0.3, -0.25) is 18.1 Å². The van der Waals surface area contributed by atoms with E-state index < -0.39 is 11.6 Å². The van der Waals surface area contributed by atoms with E-state index in [1.807, 2.05) is 0 Å². The SMILES string of the molecule is Nn1oc(=O)on2oc(=O)onc1-2. The van der Waals surface area contributed by atoms with Crippen LogP contribution in [-0.4, -0.2) is 14.9 Å². The number of nitrogens with two attached hydrogens (primary N) is 1. The number of rotatable bonds is 0. The van der Waals surface area contributed by atoms with Gasteiger partial charge in [0.05, 0.1) is 0 Å². The van der Waals surface area contributed by atoms with Gasteiger partial charge in [0, 0.05) is 4.91 Å².